The fourth-order valence-corrected chi connectivity index (χ4v) is 4.96. The third-order valence-corrected chi connectivity index (χ3v) is 6.41. The molecule has 3 unspecified atom stereocenters. The number of hydrogen-bond donors (Lipinski definition) is 0. The summed E-state index contributed by atoms with van der Waals surface area (Å²) in [7, 11) is 1.65. The van der Waals surface area contributed by atoms with Crippen molar-refractivity contribution in [2.75, 3.05) is 25.1 Å². The molecular weight excluding hydrogens is 378 g/mol. The summed E-state index contributed by atoms with van der Waals surface area (Å²) in [6, 6.07) is 13.9. The lowest BCUT2D eigenvalue weighted by atomic mass is 9.70. The fourth-order valence-electron chi connectivity index (χ4n) is 4.96. The number of anilines is 1. The highest BCUT2D eigenvalue weighted by Crippen LogP contribution is 2.56. The lowest BCUT2D eigenvalue weighted by Gasteiger charge is -2.45. The minimum absolute atomic E-state index is 0.184. The van der Waals surface area contributed by atoms with Crippen molar-refractivity contribution in [2.24, 2.45) is 5.92 Å². The Hall–Kier alpha value is -3.21. The lowest BCUT2D eigenvalue weighted by Crippen LogP contribution is -2.48. The Morgan fingerprint density at radius 3 is 2.67 bits per heavy atom. The van der Waals surface area contributed by atoms with Crippen LogP contribution in [0.4, 0.5) is 5.69 Å². The average Bonchev–Trinajstić information content (AvgIpc) is 3.07. The molecule has 2 aliphatic heterocycles. The Morgan fingerprint density at radius 2 is 1.90 bits per heavy atom. The molecule has 30 heavy (non-hydrogen) atoms. The maximum Gasteiger partial charge on any atom is 0.339 e. The van der Waals surface area contributed by atoms with Gasteiger partial charge in [0.1, 0.15) is 17.6 Å². The summed E-state index contributed by atoms with van der Waals surface area (Å²) in [5.74, 6) is 1.01. The van der Waals surface area contributed by atoms with Gasteiger partial charge in [0, 0.05) is 36.0 Å². The third kappa shape index (κ3) is 2.51. The molecule has 0 N–H and O–H groups in total. The van der Waals surface area contributed by atoms with Gasteiger partial charge < -0.3 is 19.1 Å². The van der Waals surface area contributed by atoms with E-state index in [1.807, 2.05) is 42.5 Å². The number of nitrogens with zero attached hydrogens (tertiary/aromatic N) is 1. The zero-order valence-corrected chi connectivity index (χ0v) is 17.4. The van der Waals surface area contributed by atoms with E-state index in [-0.39, 0.29) is 18.0 Å². The predicted molar refractivity (Wildman–Crippen MR) is 115 cm³/mol. The monoisotopic (exact) mass is 403 g/mol. The minimum Gasteiger partial charge on any atom is -0.497 e. The van der Waals surface area contributed by atoms with Gasteiger partial charge in [0.05, 0.1) is 18.6 Å². The summed E-state index contributed by atoms with van der Waals surface area (Å²) >= 11 is 0. The van der Waals surface area contributed by atoms with E-state index in [0.29, 0.717) is 5.56 Å². The quantitative estimate of drug-likeness (QED) is 0.707. The van der Waals surface area contributed by atoms with Gasteiger partial charge in [-0.05, 0) is 44.2 Å². The van der Waals surface area contributed by atoms with Gasteiger partial charge in [-0.25, -0.2) is 4.79 Å². The van der Waals surface area contributed by atoms with Crippen LogP contribution in [-0.2, 0) is 15.1 Å². The topological polar surface area (TPSA) is 48.0 Å². The summed E-state index contributed by atoms with van der Waals surface area (Å²) < 4.78 is 18.1. The molecule has 2 aromatic rings. The van der Waals surface area contributed by atoms with Crippen LogP contribution in [0.1, 0.15) is 35.3 Å². The van der Waals surface area contributed by atoms with E-state index >= 15 is 0 Å². The number of esters is 1. The molecule has 0 radical (unpaired) electrons. The molecule has 3 aliphatic rings. The standard InChI is InChI=1S/C25H25NO4/c1-4-26(5-2)16-10-12-20-22(14-16)29-23-15-17(28-3)11-13-21(23)25(20)19-9-7-6-8-18(19)24(27)30-25/h6-15,21,23H,4-5H2,1-3H3. The molecule has 0 amide bonds. The van der Waals surface area contributed by atoms with Gasteiger partial charge in [0.25, 0.3) is 0 Å². The van der Waals surface area contributed by atoms with Crippen LogP contribution < -0.4 is 9.64 Å². The Bertz CT molecular complexity index is 1070. The van der Waals surface area contributed by atoms with Gasteiger partial charge in [-0.1, -0.05) is 24.3 Å². The third-order valence-electron chi connectivity index (χ3n) is 6.41. The molecule has 5 heteroatoms. The van der Waals surface area contributed by atoms with Gasteiger partial charge >= 0.3 is 5.97 Å². The maximum absolute atomic E-state index is 12.9. The molecule has 5 rings (SSSR count). The van der Waals surface area contributed by atoms with Crippen LogP contribution in [0.3, 0.4) is 0 Å². The highest BCUT2D eigenvalue weighted by atomic mass is 16.6. The van der Waals surface area contributed by atoms with E-state index in [1.165, 1.54) is 0 Å². The van der Waals surface area contributed by atoms with E-state index in [2.05, 4.69) is 36.9 Å². The van der Waals surface area contributed by atoms with Gasteiger partial charge in [0.2, 0.25) is 0 Å². The van der Waals surface area contributed by atoms with Crippen LogP contribution in [-0.4, -0.2) is 32.3 Å². The number of benzene rings is 2. The maximum atomic E-state index is 12.9. The highest BCUT2D eigenvalue weighted by Gasteiger charge is 2.58. The number of methoxy groups -OCH3 is 1. The van der Waals surface area contributed by atoms with Crippen molar-refractivity contribution < 1.29 is 19.0 Å². The lowest BCUT2D eigenvalue weighted by molar-refractivity contribution is -0.0425. The minimum atomic E-state index is -0.917. The van der Waals surface area contributed by atoms with E-state index in [0.717, 1.165) is 41.4 Å². The van der Waals surface area contributed by atoms with Crippen LogP contribution >= 0.6 is 0 Å². The van der Waals surface area contributed by atoms with E-state index < -0.39 is 5.60 Å². The van der Waals surface area contributed by atoms with E-state index in [1.54, 1.807) is 7.11 Å². The van der Waals surface area contributed by atoms with Crippen molar-refractivity contribution in [1.82, 2.24) is 0 Å². The Morgan fingerprint density at radius 1 is 1.10 bits per heavy atom. The number of fused-ring (bicyclic) bond motifs is 6. The van der Waals surface area contributed by atoms with Crippen molar-refractivity contribution >= 4 is 11.7 Å². The molecule has 1 aliphatic carbocycles. The van der Waals surface area contributed by atoms with Crippen LogP contribution in [0.5, 0.6) is 5.75 Å². The molecule has 3 atom stereocenters. The molecule has 0 fully saturated rings. The van der Waals surface area contributed by atoms with Crippen LogP contribution in [0.15, 0.2) is 66.5 Å². The van der Waals surface area contributed by atoms with Crippen LogP contribution in [0.25, 0.3) is 0 Å². The van der Waals surface area contributed by atoms with Gasteiger partial charge in [-0.3, -0.25) is 0 Å². The second kappa shape index (κ2) is 6.94. The smallest absolute Gasteiger partial charge is 0.339 e. The molecule has 154 valence electrons. The number of allylic oxidation sites excluding steroid dienone is 1. The largest absolute Gasteiger partial charge is 0.497 e. The van der Waals surface area contributed by atoms with Crippen molar-refractivity contribution in [1.29, 1.82) is 0 Å². The Labute approximate surface area is 176 Å². The average molecular weight is 403 g/mol. The molecule has 2 heterocycles. The molecule has 2 aromatic carbocycles. The number of ether oxygens (including phenoxy) is 3. The van der Waals surface area contributed by atoms with Crippen molar-refractivity contribution in [3.05, 3.63) is 83.1 Å². The van der Waals surface area contributed by atoms with Gasteiger partial charge in [-0.2, -0.15) is 0 Å². The second-order valence-corrected chi connectivity index (χ2v) is 7.76. The van der Waals surface area contributed by atoms with Crippen molar-refractivity contribution in [3.63, 3.8) is 0 Å². The van der Waals surface area contributed by atoms with E-state index in [4.69, 9.17) is 14.2 Å². The normalized spacial score (nSPS) is 25.6. The van der Waals surface area contributed by atoms with Crippen molar-refractivity contribution in [3.8, 4) is 5.75 Å². The number of carbonyl (C=O) groups excluding carboxylic acids is 1. The summed E-state index contributed by atoms with van der Waals surface area (Å²) in [5.41, 5.74) is 2.57. The zero-order valence-electron chi connectivity index (χ0n) is 17.4. The molecule has 0 saturated heterocycles. The molecule has 0 aromatic heterocycles. The summed E-state index contributed by atoms with van der Waals surface area (Å²) in [6.07, 6.45) is 5.63. The molecule has 0 saturated carbocycles. The summed E-state index contributed by atoms with van der Waals surface area (Å²) in [4.78, 5) is 15.1. The molecule has 5 nitrogen and oxygen atoms in total. The van der Waals surface area contributed by atoms with Crippen molar-refractivity contribution in [2.45, 2.75) is 25.6 Å². The van der Waals surface area contributed by atoms with Gasteiger partial charge in [0.15, 0.2) is 5.60 Å². The molecule has 1 spiro atoms. The number of rotatable bonds is 4. The van der Waals surface area contributed by atoms with E-state index in [9.17, 15) is 4.79 Å². The summed E-state index contributed by atoms with van der Waals surface area (Å²) in [6.45, 7) is 6.08. The Balaban J connectivity index is 1.74. The highest BCUT2D eigenvalue weighted by molar-refractivity contribution is 5.96. The zero-order chi connectivity index (χ0) is 20.9. The molecule has 0 bridgehead atoms. The first-order valence-corrected chi connectivity index (χ1v) is 10.4. The first kappa shape index (κ1) is 18.8. The Kier molecular flexibility index (Phi) is 4.35. The van der Waals surface area contributed by atoms with Crippen LogP contribution in [0, 0.1) is 5.92 Å². The second-order valence-electron chi connectivity index (χ2n) is 7.76. The van der Waals surface area contributed by atoms with Gasteiger partial charge in [-0.15, -0.1) is 0 Å². The number of hydrogen-bond acceptors (Lipinski definition) is 5. The fraction of sp³-hybridized carbons (Fsp3) is 0.320. The first-order valence-electron chi connectivity index (χ1n) is 10.4. The molecular formula is C25H25NO4. The SMILES string of the molecule is CCN(CC)c1ccc2c(c1)OC1C=C(OC)C=CC1C21OC(=O)c2ccccc21. The van der Waals surface area contributed by atoms with Crippen LogP contribution in [0.2, 0.25) is 0 Å². The summed E-state index contributed by atoms with van der Waals surface area (Å²) in [5, 5.41) is 0. The number of carbonyl (C=O) groups is 1. The first-order chi connectivity index (χ1) is 14.6. The predicted octanol–water partition coefficient (Wildman–Crippen LogP) is 4.42.